The zero-order chi connectivity index (χ0) is 18.7. The lowest BCUT2D eigenvalue weighted by Gasteiger charge is -2.09. The first kappa shape index (κ1) is 18.1. The zero-order valence-electron chi connectivity index (χ0n) is 12.4. The summed E-state index contributed by atoms with van der Waals surface area (Å²) in [6, 6.07) is 4.16. The van der Waals surface area contributed by atoms with Gasteiger partial charge in [0.2, 0.25) is 5.91 Å². The molecule has 9 nitrogen and oxygen atoms in total. The van der Waals surface area contributed by atoms with E-state index in [-0.39, 0.29) is 10.7 Å². The Labute approximate surface area is 144 Å². The summed E-state index contributed by atoms with van der Waals surface area (Å²) in [6.45, 7) is -0.629. The minimum Gasteiger partial charge on any atom is -0.365 e. The largest absolute Gasteiger partial charge is 0.365 e. The molecule has 0 aliphatic heterocycles. The summed E-state index contributed by atoms with van der Waals surface area (Å²) in [5.41, 5.74) is 3.02. The van der Waals surface area contributed by atoms with E-state index in [9.17, 15) is 28.9 Å². The summed E-state index contributed by atoms with van der Waals surface area (Å²) in [4.78, 5) is 45.3. The number of anilines is 1. The summed E-state index contributed by atoms with van der Waals surface area (Å²) in [6.07, 6.45) is 0.812. The van der Waals surface area contributed by atoms with E-state index in [2.05, 4.69) is 5.32 Å². The number of carbonyl (C=O) groups is 2. The van der Waals surface area contributed by atoms with Gasteiger partial charge in [-0.2, -0.15) is 0 Å². The van der Waals surface area contributed by atoms with Crippen LogP contribution in [0.2, 0.25) is 5.02 Å². The van der Waals surface area contributed by atoms with Gasteiger partial charge in [0.1, 0.15) is 17.9 Å². The molecule has 0 atom stereocenters. The highest BCUT2D eigenvalue weighted by Crippen LogP contribution is 2.19. The first-order valence-corrected chi connectivity index (χ1v) is 7.00. The van der Waals surface area contributed by atoms with Gasteiger partial charge in [-0.3, -0.25) is 29.1 Å². The van der Waals surface area contributed by atoms with Gasteiger partial charge in [-0.05, 0) is 18.2 Å². The minimum absolute atomic E-state index is 0.157. The summed E-state index contributed by atoms with van der Waals surface area (Å²) in [7, 11) is 0. The third kappa shape index (κ3) is 4.18. The van der Waals surface area contributed by atoms with Crippen LogP contribution >= 0.6 is 11.6 Å². The van der Waals surface area contributed by atoms with Crippen LogP contribution in [0.15, 0.2) is 35.3 Å². The van der Waals surface area contributed by atoms with E-state index < -0.39 is 45.9 Å². The van der Waals surface area contributed by atoms with Crippen molar-refractivity contribution in [1.82, 2.24) is 4.57 Å². The molecule has 1 heterocycles. The Morgan fingerprint density at radius 1 is 1.36 bits per heavy atom. The Balaban J connectivity index is 2.30. The number of nitro groups is 1. The second-order valence-electron chi connectivity index (χ2n) is 4.84. The number of benzene rings is 1. The van der Waals surface area contributed by atoms with Gasteiger partial charge in [0.05, 0.1) is 16.1 Å². The standard InChI is InChI=1S/C14H10ClFN4O5/c15-10-3-7(1-2-11(10)16)18-12(21)6-19-5-8(20(24)25)4-9(13(17)22)14(19)23/h1-5H,6H2,(H2,17,22)(H,18,21). The number of aromatic nitrogens is 1. The number of carbonyl (C=O) groups excluding carboxylic acids is 2. The molecule has 0 saturated heterocycles. The second-order valence-corrected chi connectivity index (χ2v) is 5.25. The van der Waals surface area contributed by atoms with Crippen molar-refractivity contribution < 1.29 is 18.9 Å². The molecule has 0 bridgehead atoms. The predicted molar refractivity (Wildman–Crippen MR) is 85.9 cm³/mol. The lowest BCUT2D eigenvalue weighted by atomic mass is 10.2. The molecular weight excluding hydrogens is 359 g/mol. The maximum atomic E-state index is 13.1. The molecule has 11 heteroatoms. The summed E-state index contributed by atoms with van der Waals surface area (Å²) in [5, 5.41) is 13.0. The van der Waals surface area contributed by atoms with E-state index >= 15 is 0 Å². The van der Waals surface area contributed by atoms with E-state index in [4.69, 9.17) is 17.3 Å². The highest BCUT2D eigenvalue weighted by Gasteiger charge is 2.18. The first-order chi connectivity index (χ1) is 11.7. The Bertz CT molecular complexity index is 943. The third-order valence-corrected chi connectivity index (χ3v) is 3.35. The number of primary amides is 1. The number of rotatable bonds is 5. The van der Waals surface area contributed by atoms with E-state index in [0.29, 0.717) is 4.57 Å². The van der Waals surface area contributed by atoms with Gasteiger partial charge in [-0.25, -0.2) is 4.39 Å². The summed E-state index contributed by atoms with van der Waals surface area (Å²) in [5.74, 6) is -2.59. The maximum Gasteiger partial charge on any atom is 0.286 e. The minimum atomic E-state index is -1.16. The van der Waals surface area contributed by atoms with Crippen molar-refractivity contribution in [2.45, 2.75) is 6.54 Å². The van der Waals surface area contributed by atoms with Crippen LogP contribution in [0, 0.1) is 15.9 Å². The Morgan fingerprint density at radius 2 is 2.04 bits per heavy atom. The number of amides is 2. The smallest absolute Gasteiger partial charge is 0.286 e. The van der Waals surface area contributed by atoms with Crippen molar-refractivity contribution in [3.63, 3.8) is 0 Å². The lowest BCUT2D eigenvalue weighted by molar-refractivity contribution is -0.385. The lowest BCUT2D eigenvalue weighted by Crippen LogP contribution is -2.33. The van der Waals surface area contributed by atoms with Crippen molar-refractivity contribution in [1.29, 1.82) is 0 Å². The fourth-order valence-electron chi connectivity index (χ4n) is 1.94. The van der Waals surface area contributed by atoms with Crippen molar-refractivity contribution in [3.05, 3.63) is 67.3 Å². The molecule has 0 aliphatic rings. The first-order valence-electron chi connectivity index (χ1n) is 6.62. The number of halogens is 2. The van der Waals surface area contributed by atoms with Crippen LogP contribution in [0.5, 0.6) is 0 Å². The Kier molecular flexibility index (Phi) is 5.13. The van der Waals surface area contributed by atoms with Crippen molar-refractivity contribution in [2.75, 3.05) is 5.32 Å². The Morgan fingerprint density at radius 3 is 2.60 bits per heavy atom. The molecule has 2 aromatic rings. The van der Waals surface area contributed by atoms with Crippen LogP contribution in [0.25, 0.3) is 0 Å². The number of nitrogens with zero attached hydrogens (tertiary/aromatic N) is 2. The molecule has 2 amide bonds. The zero-order valence-corrected chi connectivity index (χ0v) is 13.1. The average molecular weight is 369 g/mol. The molecule has 25 heavy (non-hydrogen) atoms. The van der Waals surface area contributed by atoms with Crippen molar-refractivity contribution in [2.24, 2.45) is 5.73 Å². The summed E-state index contributed by atoms with van der Waals surface area (Å²) < 4.78 is 13.8. The normalized spacial score (nSPS) is 10.3. The van der Waals surface area contributed by atoms with Crippen LogP contribution < -0.4 is 16.6 Å². The van der Waals surface area contributed by atoms with E-state index in [0.717, 1.165) is 24.4 Å². The van der Waals surface area contributed by atoms with E-state index in [1.54, 1.807) is 0 Å². The van der Waals surface area contributed by atoms with Crippen molar-refractivity contribution >= 4 is 34.8 Å². The Hall–Kier alpha value is -3.27. The molecule has 0 unspecified atom stereocenters. The molecule has 2 rings (SSSR count). The van der Waals surface area contributed by atoms with Crippen LogP contribution in [-0.2, 0) is 11.3 Å². The quantitative estimate of drug-likeness (QED) is 0.605. The SMILES string of the molecule is NC(=O)c1cc([N+](=O)[O-])cn(CC(=O)Nc2ccc(F)c(Cl)c2)c1=O. The number of hydrogen-bond acceptors (Lipinski definition) is 5. The number of nitrogens with two attached hydrogens (primary N) is 1. The molecule has 3 N–H and O–H groups in total. The van der Waals surface area contributed by atoms with Gasteiger partial charge in [0.15, 0.2) is 0 Å². The molecule has 1 aromatic heterocycles. The molecule has 0 spiro atoms. The molecule has 0 radical (unpaired) electrons. The van der Waals surface area contributed by atoms with Crippen LogP contribution in [0.4, 0.5) is 15.8 Å². The highest BCUT2D eigenvalue weighted by atomic mass is 35.5. The third-order valence-electron chi connectivity index (χ3n) is 3.07. The fraction of sp³-hybridized carbons (Fsp3) is 0.0714. The number of nitrogens with one attached hydrogen (secondary N) is 1. The van der Waals surface area contributed by atoms with E-state index in [1.807, 2.05) is 0 Å². The second kappa shape index (κ2) is 7.09. The summed E-state index contributed by atoms with van der Waals surface area (Å²) >= 11 is 5.59. The molecule has 0 aliphatic carbocycles. The molecule has 130 valence electrons. The fourth-order valence-corrected chi connectivity index (χ4v) is 2.12. The van der Waals surface area contributed by atoms with Crippen LogP contribution in [-0.4, -0.2) is 21.3 Å². The van der Waals surface area contributed by atoms with Gasteiger partial charge in [-0.15, -0.1) is 0 Å². The average Bonchev–Trinajstić information content (AvgIpc) is 2.52. The number of hydrogen-bond donors (Lipinski definition) is 2. The predicted octanol–water partition coefficient (Wildman–Crippen LogP) is 1.29. The van der Waals surface area contributed by atoms with Gasteiger partial charge in [0, 0.05) is 11.8 Å². The molecule has 0 fully saturated rings. The molecular formula is C14H10ClFN4O5. The van der Waals surface area contributed by atoms with Gasteiger partial charge in [-0.1, -0.05) is 11.6 Å². The highest BCUT2D eigenvalue weighted by molar-refractivity contribution is 6.31. The molecule has 0 saturated carbocycles. The van der Waals surface area contributed by atoms with Gasteiger partial charge >= 0.3 is 0 Å². The van der Waals surface area contributed by atoms with Gasteiger partial charge in [0.25, 0.3) is 17.2 Å². The van der Waals surface area contributed by atoms with E-state index in [1.165, 1.54) is 6.07 Å². The van der Waals surface area contributed by atoms with Crippen LogP contribution in [0.3, 0.4) is 0 Å². The monoisotopic (exact) mass is 368 g/mol. The molecule has 1 aromatic carbocycles. The maximum absolute atomic E-state index is 13.1. The van der Waals surface area contributed by atoms with Crippen LogP contribution in [0.1, 0.15) is 10.4 Å². The topological polar surface area (TPSA) is 137 Å². The van der Waals surface area contributed by atoms with Gasteiger partial charge < -0.3 is 11.1 Å². The number of pyridine rings is 1. The van der Waals surface area contributed by atoms with Crippen molar-refractivity contribution in [3.8, 4) is 0 Å².